The first-order valence-corrected chi connectivity index (χ1v) is 6.55. The van der Waals surface area contributed by atoms with Gasteiger partial charge in [0.2, 0.25) is 0 Å². The quantitative estimate of drug-likeness (QED) is 0.855. The summed E-state index contributed by atoms with van der Waals surface area (Å²) in [7, 11) is 0. The van der Waals surface area contributed by atoms with Gasteiger partial charge in [0.05, 0.1) is 0 Å². The Hall–Kier alpha value is -1.06. The lowest BCUT2D eigenvalue weighted by Gasteiger charge is -2.29. The van der Waals surface area contributed by atoms with Crippen LogP contribution in [-0.4, -0.2) is 13.1 Å². The highest BCUT2D eigenvalue weighted by Gasteiger charge is 2.26. The standard InChI is InChI=1S/C15H18FNO.ClH/c1-9-8-17-4-3-13(9)14-7-12(16)6-11-5-10(2)18-15(11)14;/h5-7,9,13,17H,3-4,8H2,1-2H3;1H/t9-,13+;/m0./s1. The Balaban J connectivity index is 0.00000133. The number of aryl methyl sites for hydroxylation is 1. The third-order valence-corrected chi connectivity index (χ3v) is 3.92. The molecule has 2 heterocycles. The topological polar surface area (TPSA) is 25.2 Å². The number of rotatable bonds is 1. The molecule has 1 aliphatic heterocycles. The van der Waals surface area contributed by atoms with Gasteiger partial charge in [0.25, 0.3) is 0 Å². The average molecular weight is 284 g/mol. The van der Waals surface area contributed by atoms with E-state index < -0.39 is 0 Å². The van der Waals surface area contributed by atoms with Crippen molar-refractivity contribution in [2.75, 3.05) is 13.1 Å². The SMILES string of the molecule is Cc1cc2cc(F)cc([C@@H]3CCNC[C@@H]3C)c2o1.Cl. The third-order valence-electron chi connectivity index (χ3n) is 3.92. The van der Waals surface area contributed by atoms with E-state index in [1.165, 1.54) is 0 Å². The maximum Gasteiger partial charge on any atom is 0.137 e. The number of hydrogen-bond acceptors (Lipinski definition) is 2. The highest BCUT2D eigenvalue weighted by molar-refractivity contribution is 5.85. The summed E-state index contributed by atoms with van der Waals surface area (Å²) in [4.78, 5) is 0. The summed E-state index contributed by atoms with van der Waals surface area (Å²) in [6.07, 6.45) is 1.04. The predicted molar refractivity (Wildman–Crippen MR) is 77.5 cm³/mol. The number of halogens is 2. The van der Waals surface area contributed by atoms with Crippen LogP contribution in [0.5, 0.6) is 0 Å². The van der Waals surface area contributed by atoms with Gasteiger partial charge < -0.3 is 9.73 Å². The molecule has 2 atom stereocenters. The molecule has 0 unspecified atom stereocenters. The monoisotopic (exact) mass is 283 g/mol. The van der Waals surface area contributed by atoms with E-state index in [1.807, 2.05) is 13.0 Å². The second-order valence-electron chi connectivity index (χ2n) is 5.35. The van der Waals surface area contributed by atoms with E-state index >= 15 is 0 Å². The number of nitrogens with one attached hydrogen (secondary N) is 1. The van der Waals surface area contributed by atoms with Gasteiger partial charge >= 0.3 is 0 Å². The second kappa shape index (κ2) is 5.51. The van der Waals surface area contributed by atoms with E-state index in [0.717, 1.165) is 41.8 Å². The summed E-state index contributed by atoms with van der Waals surface area (Å²) < 4.78 is 19.5. The van der Waals surface area contributed by atoms with Crippen LogP contribution in [0.3, 0.4) is 0 Å². The highest BCUT2D eigenvalue weighted by atomic mass is 35.5. The first-order valence-electron chi connectivity index (χ1n) is 6.55. The Kier molecular flexibility index (Phi) is 4.16. The van der Waals surface area contributed by atoms with Crippen molar-refractivity contribution in [3.8, 4) is 0 Å². The Morgan fingerprint density at radius 1 is 1.32 bits per heavy atom. The minimum Gasteiger partial charge on any atom is -0.461 e. The number of piperidine rings is 1. The van der Waals surface area contributed by atoms with Gasteiger partial charge in [0.1, 0.15) is 17.2 Å². The Labute approximate surface area is 118 Å². The molecule has 1 aromatic heterocycles. The molecule has 2 nitrogen and oxygen atoms in total. The summed E-state index contributed by atoms with van der Waals surface area (Å²) in [5.41, 5.74) is 1.90. The van der Waals surface area contributed by atoms with Crippen LogP contribution in [-0.2, 0) is 0 Å². The zero-order chi connectivity index (χ0) is 12.7. The van der Waals surface area contributed by atoms with Gasteiger partial charge in [-0.05, 0) is 56.5 Å². The minimum absolute atomic E-state index is 0. The fourth-order valence-corrected chi connectivity index (χ4v) is 3.02. The fraction of sp³-hybridized carbons (Fsp3) is 0.467. The molecular weight excluding hydrogens is 265 g/mol. The fourth-order valence-electron chi connectivity index (χ4n) is 3.02. The van der Waals surface area contributed by atoms with Crippen LogP contribution < -0.4 is 5.32 Å². The molecule has 19 heavy (non-hydrogen) atoms. The van der Waals surface area contributed by atoms with Crippen LogP contribution in [0.25, 0.3) is 11.0 Å². The summed E-state index contributed by atoms with van der Waals surface area (Å²) in [5, 5.41) is 4.26. The molecule has 0 spiro atoms. The van der Waals surface area contributed by atoms with E-state index in [0.29, 0.717) is 11.8 Å². The minimum atomic E-state index is -0.163. The summed E-state index contributed by atoms with van der Waals surface area (Å²) in [5.74, 6) is 1.58. The van der Waals surface area contributed by atoms with Crippen molar-refractivity contribution in [3.63, 3.8) is 0 Å². The van der Waals surface area contributed by atoms with Gasteiger partial charge in [-0.25, -0.2) is 4.39 Å². The number of furan rings is 1. The lowest BCUT2D eigenvalue weighted by molar-refractivity contribution is 0.348. The lowest BCUT2D eigenvalue weighted by atomic mass is 9.82. The third kappa shape index (κ3) is 2.63. The van der Waals surface area contributed by atoms with Crippen LogP contribution in [0.2, 0.25) is 0 Å². The largest absolute Gasteiger partial charge is 0.461 e. The molecule has 1 fully saturated rings. The van der Waals surface area contributed by atoms with Crippen molar-refractivity contribution in [2.24, 2.45) is 5.92 Å². The molecule has 1 aliphatic rings. The van der Waals surface area contributed by atoms with E-state index in [-0.39, 0.29) is 18.2 Å². The molecule has 3 rings (SSSR count). The summed E-state index contributed by atoms with van der Waals surface area (Å²) in [6.45, 7) is 6.10. The average Bonchev–Trinajstić information content (AvgIpc) is 2.69. The molecular formula is C15H19ClFNO. The molecule has 2 aromatic rings. The lowest BCUT2D eigenvalue weighted by Crippen LogP contribution is -2.33. The van der Waals surface area contributed by atoms with Crippen molar-refractivity contribution in [2.45, 2.75) is 26.2 Å². The van der Waals surface area contributed by atoms with Crippen molar-refractivity contribution >= 4 is 23.4 Å². The molecule has 0 amide bonds. The van der Waals surface area contributed by atoms with Gasteiger partial charge in [-0.2, -0.15) is 0 Å². The molecule has 1 saturated heterocycles. The molecule has 1 N–H and O–H groups in total. The van der Waals surface area contributed by atoms with Crippen LogP contribution in [0.15, 0.2) is 22.6 Å². The molecule has 1 aromatic carbocycles. The maximum atomic E-state index is 13.7. The summed E-state index contributed by atoms with van der Waals surface area (Å²) in [6, 6.07) is 5.12. The maximum absolute atomic E-state index is 13.7. The van der Waals surface area contributed by atoms with E-state index in [4.69, 9.17) is 4.42 Å². The second-order valence-corrected chi connectivity index (χ2v) is 5.35. The van der Waals surface area contributed by atoms with Crippen molar-refractivity contribution < 1.29 is 8.81 Å². The number of benzene rings is 1. The Morgan fingerprint density at radius 3 is 2.84 bits per heavy atom. The first-order chi connectivity index (χ1) is 8.65. The number of fused-ring (bicyclic) bond motifs is 1. The smallest absolute Gasteiger partial charge is 0.137 e. The van der Waals surface area contributed by atoms with Gasteiger partial charge in [-0.3, -0.25) is 0 Å². The predicted octanol–water partition coefficient (Wildman–Crippen LogP) is 4.02. The van der Waals surface area contributed by atoms with Crippen LogP contribution in [0.4, 0.5) is 4.39 Å². The normalized spacial score (nSPS) is 23.3. The van der Waals surface area contributed by atoms with Crippen LogP contribution >= 0.6 is 12.4 Å². The molecule has 104 valence electrons. The molecule has 0 aliphatic carbocycles. The van der Waals surface area contributed by atoms with E-state index in [2.05, 4.69) is 12.2 Å². The van der Waals surface area contributed by atoms with Gasteiger partial charge in [0, 0.05) is 10.9 Å². The van der Waals surface area contributed by atoms with Crippen LogP contribution in [0, 0.1) is 18.7 Å². The van der Waals surface area contributed by atoms with Crippen molar-refractivity contribution in [3.05, 3.63) is 35.3 Å². The first kappa shape index (κ1) is 14.4. The molecule has 0 radical (unpaired) electrons. The van der Waals surface area contributed by atoms with Crippen LogP contribution in [0.1, 0.15) is 30.6 Å². The summed E-state index contributed by atoms with van der Waals surface area (Å²) >= 11 is 0. The van der Waals surface area contributed by atoms with Gasteiger partial charge in [-0.1, -0.05) is 6.92 Å². The zero-order valence-electron chi connectivity index (χ0n) is 11.2. The molecule has 4 heteroatoms. The molecule has 0 saturated carbocycles. The number of hydrogen-bond donors (Lipinski definition) is 1. The zero-order valence-corrected chi connectivity index (χ0v) is 12.0. The van der Waals surface area contributed by atoms with Crippen molar-refractivity contribution in [1.29, 1.82) is 0 Å². The van der Waals surface area contributed by atoms with Gasteiger partial charge in [0.15, 0.2) is 0 Å². The molecule has 0 bridgehead atoms. The highest BCUT2D eigenvalue weighted by Crippen LogP contribution is 2.36. The van der Waals surface area contributed by atoms with Gasteiger partial charge in [-0.15, -0.1) is 12.4 Å². The Bertz CT molecular complexity index is 581. The van der Waals surface area contributed by atoms with E-state index in [9.17, 15) is 4.39 Å². The van der Waals surface area contributed by atoms with Crippen molar-refractivity contribution in [1.82, 2.24) is 5.32 Å². The Morgan fingerprint density at radius 2 is 2.11 bits per heavy atom. The van der Waals surface area contributed by atoms with E-state index in [1.54, 1.807) is 12.1 Å².